The fourth-order valence-corrected chi connectivity index (χ4v) is 8.25. The predicted octanol–water partition coefficient (Wildman–Crippen LogP) is 4.32. The first kappa shape index (κ1) is 20.7. The molecule has 3 saturated carbocycles. The summed E-state index contributed by atoms with van der Waals surface area (Å²) in [6, 6.07) is 0. The molecule has 0 aromatic rings. The number of hydrogen-bond acceptors (Lipinski definition) is 5. The molecule has 0 aliphatic heterocycles. The number of carbonyl (C=O) groups excluding carboxylic acids is 3. The minimum atomic E-state index is -0.823. The van der Waals surface area contributed by atoms with Crippen LogP contribution in [-0.2, 0) is 19.1 Å². The van der Waals surface area contributed by atoms with Gasteiger partial charge in [-0.3, -0.25) is 14.4 Å². The van der Waals surface area contributed by atoms with Gasteiger partial charge in [0.15, 0.2) is 16.5 Å². The normalized spacial score (nSPS) is 43.3. The lowest BCUT2D eigenvalue weighted by Gasteiger charge is -2.56. The van der Waals surface area contributed by atoms with Crippen LogP contribution in [0.5, 0.6) is 0 Å². The number of rotatable bonds is 2. The van der Waals surface area contributed by atoms with Crippen molar-refractivity contribution in [2.45, 2.75) is 76.6 Å². The molecule has 0 aromatic heterocycles. The molecule has 0 heterocycles. The monoisotopic (exact) mass is 414 g/mol. The van der Waals surface area contributed by atoms with E-state index in [0.717, 1.165) is 32.1 Å². The highest BCUT2D eigenvalue weighted by Gasteiger charge is 2.65. The molecule has 4 rings (SSSR count). The van der Waals surface area contributed by atoms with Gasteiger partial charge >= 0.3 is 5.97 Å². The van der Waals surface area contributed by atoms with Crippen molar-refractivity contribution < 1.29 is 19.1 Å². The first-order chi connectivity index (χ1) is 13.7. The van der Waals surface area contributed by atoms with Crippen LogP contribution in [0.1, 0.15) is 65.7 Å². The quantitative estimate of drug-likeness (QED) is 0.497. The number of thioether (sulfide) groups is 1. The van der Waals surface area contributed by atoms with E-state index in [9.17, 15) is 14.4 Å². The number of esters is 1. The Bertz CT molecular complexity index is 823. The average Bonchev–Trinajstić information content (AvgIpc) is 2.94. The van der Waals surface area contributed by atoms with Gasteiger partial charge in [-0.15, -0.1) is 6.42 Å². The molecule has 0 spiro atoms. The van der Waals surface area contributed by atoms with Gasteiger partial charge in [0.2, 0.25) is 0 Å². The Balaban J connectivity index is 1.70. The van der Waals surface area contributed by atoms with Crippen LogP contribution in [0.2, 0.25) is 0 Å². The van der Waals surface area contributed by atoms with Gasteiger partial charge in [0.05, 0.1) is 0 Å². The van der Waals surface area contributed by atoms with E-state index in [1.165, 1.54) is 24.3 Å². The Kier molecular flexibility index (Phi) is 5.22. The summed E-state index contributed by atoms with van der Waals surface area (Å²) in [4.78, 5) is 35.9. The zero-order valence-electron chi connectivity index (χ0n) is 17.5. The predicted molar refractivity (Wildman–Crippen MR) is 113 cm³/mol. The van der Waals surface area contributed by atoms with Crippen LogP contribution in [0.4, 0.5) is 0 Å². The second kappa shape index (κ2) is 7.30. The fraction of sp³-hybridized carbons (Fsp3) is 0.708. The lowest BCUT2D eigenvalue weighted by molar-refractivity contribution is -0.167. The summed E-state index contributed by atoms with van der Waals surface area (Å²) in [5, 5.41) is 0.189. The van der Waals surface area contributed by atoms with Gasteiger partial charge in [-0.1, -0.05) is 24.6 Å². The molecular weight excluding hydrogens is 384 g/mol. The topological polar surface area (TPSA) is 60.4 Å². The SMILES string of the molecule is C#CC1(OC(C)=O)CCC2C3CC(SC(C)=O)C4=CC(=O)CCC4C3CCC21C. The second-order valence-corrected chi connectivity index (χ2v) is 11.0. The summed E-state index contributed by atoms with van der Waals surface area (Å²) in [7, 11) is 0. The third kappa shape index (κ3) is 3.19. The average molecular weight is 415 g/mol. The molecule has 0 radical (unpaired) electrons. The summed E-state index contributed by atoms with van der Waals surface area (Å²) in [5.74, 6) is 4.53. The van der Waals surface area contributed by atoms with Gasteiger partial charge in [0.1, 0.15) is 0 Å². The molecule has 7 atom stereocenters. The minimum absolute atomic E-state index is 0.0833. The number of terminal acetylenes is 1. The zero-order chi connectivity index (χ0) is 21.0. The van der Waals surface area contributed by atoms with Crippen LogP contribution in [-0.4, -0.2) is 27.7 Å². The van der Waals surface area contributed by atoms with Crippen molar-refractivity contribution in [1.29, 1.82) is 0 Å². The molecule has 0 bridgehead atoms. The summed E-state index contributed by atoms with van der Waals surface area (Å²) in [6.45, 7) is 5.27. The minimum Gasteiger partial charge on any atom is -0.445 e. The van der Waals surface area contributed by atoms with Gasteiger partial charge in [0, 0.05) is 30.9 Å². The van der Waals surface area contributed by atoms with Crippen molar-refractivity contribution in [3.63, 3.8) is 0 Å². The number of carbonyl (C=O) groups is 3. The number of ketones is 1. The van der Waals surface area contributed by atoms with Crippen molar-refractivity contribution in [2.24, 2.45) is 29.1 Å². The summed E-state index contributed by atoms with van der Waals surface area (Å²) < 4.78 is 5.82. The van der Waals surface area contributed by atoms with Crippen molar-refractivity contribution >= 4 is 28.6 Å². The van der Waals surface area contributed by atoms with Crippen LogP contribution in [0.3, 0.4) is 0 Å². The number of ether oxygens (including phenoxy) is 1. The molecule has 3 fully saturated rings. The maximum absolute atomic E-state index is 12.1. The highest BCUT2D eigenvalue weighted by Crippen LogP contribution is 2.66. The summed E-state index contributed by atoms with van der Waals surface area (Å²) >= 11 is 1.38. The van der Waals surface area contributed by atoms with Gasteiger partial charge in [0.25, 0.3) is 0 Å². The van der Waals surface area contributed by atoms with Crippen molar-refractivity contribution in [3.8, 4) is 12.3 Å². The highest BCUT2D eigenvalue weighted by molar-refractivity contribution is 8.14. The van der Waals surface area contributed by atoms with Gasteiger partial charge in [-0.05, 0) is 73.8 Å². The fourth-order valence-electron chi connectivity index (χ4n) is 7.16. The molecule has 4 nitrogen and oxygen atoms in total. The van der Waals surface area contributed by atoms with Crippen LogP contribution >= 0.6 is 11.8 Å². The maximum Gasteiger partial charge on any atom is 0.304 e. The van der Waals surface area contributed by atoms with E-state index >= 15 is 0 Å². The van der Waals surface area contributed by atoms with Crippen LogP contribution in [0.25, 0.3) is 0 Å². The Hall–Kier alpha value is -1.54. The molecule has 29 heavy (non-hydrogen) atoms. The molecule has 0 N–H and O–H groups in total. The lowest BCUT2D eigenvalue weighted by Crippen LogP contribution is -2.54. The maximum atomic E-state index is 12.1. The van der Waals surface area contributed by atoms with E-state index in [1.807, 2.05) is 6.08 Å². The Morgan fingerprint density at radius 3 is 2.62 bits per heavy atom. The van der Waals surface area contributed by atoms with Crippen LogP contribution in [0, 0.1) is 41.4 Å². The van der Waals surface area contributed by atoms with Crippen molar-refractivity contribution in [1.82, 2.24) is 0 Å². The number of hydrogen-bond donors (Lipinski definition) is 0. The van der Waals surface area contributed by atoms with Gasteiger partial charge < -0.3 is 4.74 Å². The third-order valence-corrected chi connectivity index (χ3v) is 9.38. The number of fused-ring (bicyclic) bond motifs is 5. The third-order valence-electron chi connectivity index (χ3n) is 8.30. The smallest absolute Gasteiger partial charge is 0.304 e. The molecule has 0 saturated heterocycles. The largest absolute Gasteiger partial charge is 0.445 e. The van der Waals surface area contributed by atoms with Crippen molar-refractivity contribution in [2.75, 3.05) is 0 Å². The van der Waals surface area contributed by atoms with E-state index in [4.69, 9.17) is 11.2 Å². The van der Waals surface area contributed by atoms with E-state index in [0.29, 0.717) is 36.5 Å². The molecule has 4 aliphatic rings. The van der Waals surface area contributed by atoms with E-state index in [1.54, 1.807) is 6.92 Å². The zero-order valence-corrected chi connectivity index (χ0v) is 18.3. The molecular formula is C24H30O4S. The highest BCUT2D eigenvalue weighted by atomic mass is 32.2. The van der Waals surface area contributed by atoms with Crippen LogP contribution in [0.15, 0.2) is 11.6 Å². The van der Waals surface area contributed by atoms with Crippen molar-refractivity contribution in [3.05, 3.63) is 11.6 Å². The van der Waals surface area contributed by atoms with E-state index in [-0.39, 0.29) is 27.5 Å². The lowest BCUT2D eigenvalue weighted by atomic mass is 9.50. The Morgan fingerprint density at radius 2 is 1.97 bits per heavy atom. The molecule has 0 amide bonds. The second-order valence-electron chi connectivity index (χ2n) is 9.58. The summed E-state index contributed by atoms with van der Waals surface area (Å²) in [6.07, 6.45) is 13.9. The molecule has 4 aliphatic carbocycles. The molecule has 0 aromatic carbocycles. The van der Waals surface area contributed by atoms with E-state index < -0.39 is 5.60 Å². The first-order valence-corrected chi connectivity index (χ1v) is 11.7. The van der Waals surface area contributed by atoms with Gasteiger partial charge in [-0.25, -0.2) is 0 Å². The first-order valence-electron chi connectivity index (χ1n) is 10.8. The standard InChI is InChI=1S/C24H30O4S/c1-5-24(28-14(2)25)11-9-21-19-13-22(29-15(3)26)20-12-16(27)6-7-17(20)18(19)8-10-23(21,24)4/h1,12,17-19,21-22H,6-11,13H2,2-4H3. The molecule has 7 unspecified atom stereocenters. The van der Waals surface area contributed by atoms with Gasteiger partial charge in [-0.2, -0.15) is 0 Å². The molecule has 156 valence electrons. The molecule has 5 heteroatoms. The Labute approximate surface area is 177 Å². The summed E-state index contributed by atoms with van der Waals surface area (Å²) in [5.41, 5.74) is 0.148. The Morgan fingerprint density at radius 1 is 1.21 bits per heavy atom. The van der Waals surface area contributed by atoms with Crippen LogP contribution < -0.4 is 0 Å². The van der Waals surface area contributed by atoms with E-state index in [2.05, 4.69) is 12.8 Å².